The Morgan fingerprint density at radius 2 is 1.62 bits per heavy atom. The van der Waals surface area contributed by atoms with Crippen molar-refractivity contribution in [2.24, 2.45) is 5.92 Å². The first-order valence-electron chi connectivity index (χ1n) is 18.8. The summed E-state index contributed by atoms with van der Waals surface area (Å²) >= 11 is 6.47. The van der Waals surface area contributed by atoms with Crippen molar-refractivity contribution in [1.29, 1.82) is 0 Å². The van der Waals surface area contributed by atoms with Gasteiger partial charge in [-0.2, -0.15) is 0 Å². The number of nitrogens with one attached hydrogen (secondary N) is 1. The molecule has 2 heterocycles. The molecule has 0 spiro atoms. The summed E-state index contributed by atoms with van der Waals surface area (Å²) in [7, 11) is 2.28. The van der Waals surface area contributed by atoms with E-state index in [-0.39, 0.29) is 24.2 Å². The summed E-state index contributed by atoms with van der Waals surface area (Å²) in [6, 6.07) is 30.3. The van der Waals surface area contributed by atoms with E-state index in [1.807, 2.05) is 54.3 Å². The van der Waals surface area contributed by atoms with Crippen molar-refractivity contribution in [2.45, 2.75) is 45.4 Å². The van der Waals surface area contributed by atoms with Gasteiger partial charge in [0.15, 0.2) is 0 Å². The average molecular weight is 742 g/mol. The number of benzene rings is 4. The summed E-state index contributed by atoms with van der Waals surface area (Å²) in [5, 5.41) is 3.73. The van der Waals surface area contributed by atoms with Crippen molar-refractivity contribution >= 4 is 23.6 Å². The topological polar surface area (TPSA) is 71.1 Å². The molecule has 0 bridgehead atoms. The van der Waals surface area contributed by atoms with Gasteiger partial charge in [0.1, 0.15) is 24.2 Å². The number of quaternary nitrogens is 1. The number of ether oxygens (including phenoxy) is 2. The van der Waals surface area contributed by atoms with Crippen molar-refractivity contribution in [2.75, 3.05) is 59.5 Å². The molecule has 2 saturated heterocycles. The van der Waals surface area contributed by atoms with Crippen LogP contribution in [0.2, 0.25) is 5.02 Å². The highest BCUT2D eigenvalue weighted by molar-refractivity contribution is 6.30. The monoisotopic (exact) mass is 741 g/mol. The van der Waals surface area contributed by atoms with Crippen molar-refractivity contribution in [3.63, 3.8) is 0 Å². The van der Waals surface area contributed by atoms with E-state index in [0.29, 0.717) is 50.6 Å². The minimum Gasteiger partial charge on any atom is -0.493 e. The smallest absolute Gasteiger partial charge is 0.408 e. The second-order valence-electron chi connectivity index (χ2n) is 14.5. The van der Waals surface area contributed by atoms with Gasteiger partial charge in [0.05, 0.1) is 33.3 Å². The van der Waals surface area contributed by atoms with Crippen LogP contribution >= 0.6 is 11.6 Å². The van der Waals surface area contributed by atoms with Gasteiger partial charge in [-0.25, -0.2) is 9.18 Å². The maximum Gasteiger partial charge on any atom is 0.408 e. The third kappa shape index (κ3) is 10.2. The van der Waals surface area contributed by atoms with E-state index in [4.69, 9.17) is 21.1 Å². The Morgan fingerprint density at radius 1 is 0.925 bits per heavy atom. The Morgan fingerprint density at radius 3 is 2.32 bits per heavy atom. The van der Waals surface area contributed by atoms with Crippen LogP contribution in [0.1, 0.15) is 36.5 Å². The SMILES string of the molecule is CCOc1cccc(F)c1CN1CCN(C(=O)C(NC(=O)OCc2ccccc2)C2CC[N+](C)(CCc3cc(Cl)ccc3-c3ccccc3)CC2)CC1. The second kappa shape index (κ2) is 18.1. The number of alkyl carbamates (subject to hydrolysis) is 1. The molecule has 2 aliphatic heterocycles. The number of piperidine rings is 1. The number of carbonyl (C=O) groups is 2. The van der Waals surface area contributed by atoms with Gasteiger partial charge >= 0.3 is 6.09 Å². The van der Waals surface area contributed by atoms with Crippen molar-refractivity contribution in [1.82, 2.24) is 15.1 Å². The van der Waals surface area contributed by atoms with E-state index in [1.54, 1.807) is 12.1 Å². The largest absolute Gasteiger partial charge is 0.493 e. The lowest BCUT2D eigenvalue weighted by Gasteiger charge is -2.43. The van der Waals surface area contributed by atoms with E-state index in [1.165, 1.54) is 22.8 Å². The van der Waals surface area contributed by atoms with Gasteiger partial charge in [-0.1, -0.05) is 84.4 Å². The average Bonchev–Trinajstić information content (AvgIpc) is 3.18. The van der Waals surface area contributed by atoms with E-state index in [9.17, 15) is 14.0 Å². The lowest BCUT2D eigenvalue weighted by atomic mass is 9.87. The number of halogens is 2. The van der Waals surface area contributed by atoms with Crippen LogP contribution in [-0.2, 0) is 29.1 Å². The molecule has 0 aliphatic carbocycles. The Kier molecular flexibility index (Phi) is 13.0. The molecular weight excluding hydrogens is 691 g/mol. The van der Waals surface area contributed by atoms with E-state index < -0.39 is 12.1 Å². The molecule has 8 nitrogen and oxygen atoms in total. The summed E-state index contributed by atoms with van der Waals surface area (Å²) in [4.78, 5) is 31.5. The number of likely N-dealkylation sites (N-methyl/N-ethyl adjacent to an activating group) is 1. The van der Waals surface area contributed by atoms with E-state index in [0.717, 1.165) is 54.0 Å². The first-order valence-corrected chi connectivity index (χ1v) is 19.1. The maximum absolute atomic E-state index is 14.8. The summed E-state index contributed by atoms with van der Waals surface area (Å²) in [5.41, 5.74) is 5.01. The fourth-order valence-electron chi connectivity index (χ4n) is 7.63. The molecule has 4 aromatic rings. The van der Waals surface area contributed by atoms with Crippen molar-refractivity contribution < 1.29 is 27.9 Å². The van der Waals surface area contributed by atoms with Crippen LogP contribution in [0.25, 0.3) is 11.1 Å². The zero-order valence-electron chi connectivity index (χ0n) is 30.8. The summed E-state index contributed by atoms with van der Waals surface area (Å²) in [6.07, 6.45) is 1.87. The van der Waals surface area contributed by atoms with Crippen LogP contribution in [0.4, 0.5) is 9.18 Å². The molecule has 4 aromatic carbocycles. The minimum atomic E-state index is -0.702. The third-order valence-corrected chi connectivity index (χ3v) is 11.1. The number of carbonyl (C=O) groups excluding carboxylic acids is 2. The molecule has 2 fully saturated rings. The van der Waals surface area contributed by atoms with Crippen LogP contribution < -0.4 is 10.1 Å². The highest BCUT2D eigenvalue weighted by Gasteiger charge is 2.40. The Balaban J connectivity index is 1.10. The van der Waals surface area contributed by atoms with Crippen LogP contribution in [0.3, 0.4) is 0 Å². The molecular formula is C43H51ClFN4O4+. The highest BCUT2D eigenvalue weighted by atomic mass is 35.5. The Hall–Kier alpha value is -4.44. The number of piperazine rings is 1. The summed E-state index contributed by atoms with van der Waals surface area (Å²) in [6.45, 7) is 7.72. The first kappa shape index (κ1) is 38.3. The molecule has 2 amide bonds. The Labute approximate surface area is 318 Å². The molecule has 0 saturated carbocycles. The second-order valence-corrected chi connectivity index (χ2v) is 14.9. The summed E-state index contributed by atoms with van der Waals surface area (Å²) < 4.78 is 27.0. The van der Waals surface area contributed by atoms with E-state index >= 15 is 0 Å². The molecule has 6 rings (SSSR count). The Bertz CT molecular complexity index is 1810. The van der Waals surface area contributed by atoms with Gasteiger partial charge in [0, 0.05) is 62.6 Å². The molecule has 1 unspecified atom stereocenters. The predicted octanol–water partition coefficient (Wildman–Crippen LogP) is 7.58. The van der Waals surface area contributed by atoms with Gasteiger partial charge in [-0.05, 0) is 59.4 Å². The molecule has 280 valence electrons. The fourth-order valence-corrected chi connectivity index (χ4v) is 7.82. The van der Waals surface area contributed by atoms with Gasteiger partial charge in [0.2, 0.25) is 5.91 Å². The first-order chi connectivity index (χ1) is 25.7. The zero-order valence-corrected chi connectivity index (χ0v) is 31.6. The number of amides is 2. The molecule has 53 heavy (non-hydrogen) atoms. The lowest BCUT2D eigenvalue weighted by molar-refractivity contribution is -0.915. The van der Waals surface area contributed by atoms with Gasteiger partial charge in [-0.15, -0.1) is 0 Å². The number of hydrogen-bond donors (Lipinski definition) is 1. The molecule has 0 radical (unpaired) electrons. The molecule has 0 aromatic heterocycles. The molecule has 2 aliphatic rings. The van der Waals surface area contributed by atoms with Gasteiger partial charge in [-0.3, -0.25) is 9.69 Å². The van der Waals surface area contributed by atoms with E-state index in [2.05, 4.69) is 53.7 Å². The van der Waals surface area contributed by atoms with Crippen LogP contribution in [0, 0.1) is 11.7 Å². The van der Waals surface area contributed by atoms with Crippen LogP contribution in [0.15, 0.2) is 97.1 Å². The normalized spacial score (nSPS) is 19.7. The molecule has 1 N–H and O–H groups in total. The summed E-state index contributed by atoms with van der Waals surface area (Å²) in [5.74, 6) is 0.139. The van der Waals surface area contributed by atoms with Crippen LogP contribution in [0.5, 0.6) is 5.75 Å². The molecule has 10 heteroatoms. The zero-order chi connectivity index (χ0) is 37.2. The predicted molar refractivity (Wildman–Crippen MR) is 207 cm³/mol. The fraction of sp³-hybridized carbons (Fsp3) is 0.395. The number of hydrogen-bond acceptors (Lipinski definition) is 5. The number of nitrogens with zero attached hydrogens (tertiary/aromatic N) is 3. The van der Waals surface area contributed by atoms with Crippen molar-refractivity contribution in [3.8, 4) is 16.9 Å². The number of likely N-dealkylation sites (tertiary alicyclic amines) is 1. The highest BCUT2D eigenvalue weighted by Crippen LogP contribution is 2.31. The maximum atomic E-state index is 14.8. The standard InChI is InChI=1S/C43H50ClFN4O4/c1-3-52-40-16-10-15-39(45)38(40)30-47-22-24-48(25-23-47)42(50)41(46-43(51)53-31-32-11-6-4-7-12-32)34-19-26-49(2,27-20-34)28-21-35-29-36(44)17-18-37(35)33-13-8-5-9-14-33/h4-18,29,34,41H,3,19-28,30-31H2,1-2H3/p+1. The minimum absolute atomic E-state index is 0.0331. The molecule has 1 atom stereocenters. The third-order valence-electron chi connectivity index (χ3n) is 10.8. The lowest BCUT2D eigenvalue weighted by Crippen LogP contribution is -2.60. The quantitative estimate of drug-likeness (QED) is 0.143. The van der Waals surface area contributed by atoms with Crippen molar-refractivity contribution in [3.05, 3.63) is 125 Å². The van der Waals surface area contributed by atoms with Crippen LogP contribution in [-0.4, -0.2) is 91.8 Å². The van der Waals surface area contributed by atoms with Gasteiger partial charge < -0.3 is 24.2 Å². The number of rotatable bonds is 13. The van der Waals surface area contributed by atoms with Gasteiger partial charge in [0.25, 0.3) is 0 Å².